The van der Waals surface area contributed by atoms with Crippen LogP contribution in [0.15, 0.2) is 64.2 Å². The van der Waals surface area contributed by atoms with Crippen molar-refractivity contribution < 1.29 is 4.79 Å². The fraction of sp³-hybridized carbons (Fsp3) is 0.111. The van der Waals surface area contributed by atoms with Crippen LogP contribution in [0.4, 0.5) is 0 Å². The number of allylic oxidation sites excluding steroid dienone is 1. The van der Waals surface area contributed by atoms with Crippen LogP contribution in [-0.2, 0) is 0 Å². The molecule has 2 aromatic rings. The lowest BCUT2D eigenvalue weighted by atomic mass is 10.1. The summed E-state index contributed by atoms with van der Waals surface area (Å²) in [6, 6.07) is 15.4. The molecule has 22 heavy (non-hydrogen) atoms. The SMILES string of the molecule is CC(C=Cc1ccccc1)=NNC(=O)c1ccc(C)c(Br)c1. The van der Waals surface area contributed by atoms with Crippen molar-refractivity contribution in [2.75, 3.05) is 0 Å². The zero-order valence-corrected chi connectivity index (χ0v) is 14.1. The zero-order valence-electron chi connectivity index (χ0n) is 12.5. The molecule has 0 saturated heterocycles. The fourth-order valence-electron chi connectivity index (χ4n) is 1.76. The van der Waals surface area contributed by atoms with E-state index in [0.717, 1.165) is 21.3 Å². The lowest BCUT2D eigenvalue weighted by molar-refractivity contribution is 0.0955. The highest BCUT2D eigenvalue weighted by atomic mass is 79.9. The summed E-state index contributed by atoms with van der Waals surface area (Å²) in [7, 11) is 0. The van der Waals surface area contributed by atoms with E-state index in [-0.39, 0.29) is 5.91 Å². The zero-order chi connectivity index (χ0) is 15.9. The molecule has 112 valence electrons. The maximum Gasteiger partial charge on any atom is 0.271 e. The van der Waals surface area contributed by atoms with Gasteiger partial charge in [0.1, 0.15) is 0 Å². The van der Waals surface area contributed by atoms with Crippen LogP contribution in [0.3, 0.4) is 0 Å². The Labute approximate surface area is 138 Å². The Bertz CT molecular complexity index is 721. The van der Waals surface area contributed by atoms with Gasteiger partial charge in [0.2, 0.25) is 0 Å². The number of carbonyl (C=O) groups is 1. The number of aryl methyl sites for hydroxylation is 1. The van der Waals surface area contributed by atoms with Crippen LogP contribution >= 0.6 is 15.9 Å². The Morgan fingerprint density at radius 3 is 2.59 bits per heavy atom. The van der Waals surface area contributed by atoms with Gasteiger partial charge in [0, 0.05) is 10.0 Å². The van der Waals surface area contributed by atoms with Crippen molar-refractivity contribution in [3.05, 3.63) is 75.8 Å². The Hall–Kier alpha value is -2.20. The second-order valence-corrected chi connectivity index (χ2v) is 5.76. The fourth-order valence-corrected chi connectivity index (χ4v) is 2.13. The van der Waals surface area contributed by atoms with E-state index in [2.05, 4.69) is 26.5 Å². The minimum Gasteiger partial charge on any atom is -0.267 e. The number of hydrogen-bond donors (Lipinski definition) is 1. The van der Waals surface area contributed by atoms with Crippen molar-refractivity contribution in [1.82, 2.24) is 5.43 Å². The van der Waals surface area contributed by atoms with Gasteiger partial charge in [-0.05, 0) is 43.2 Å². The first-order valence-electron chi connectivity index (χ1n) is 6.90. The summed E-state index contributed by atoms with van der Waals surface area (Å²) in [5.41, 5.74) is 6.03. The van der Waals surface area contributed by atoms with Crippen molar-refractivity contribution in [3.63, 3.8) is 0 Å². The van der Waals surface area contributed by atoms with Crippen LogP contribution < -0.4 is 5.43 Å². The standard InChI is InChI=1S/C18H17BrN2O/c1-13-8-11-16(12-17(13)19)18(22)21-20-14(2)9-10-15-6-4-3-5-7-15/h3-12H,1-2H3,(H,21,22). The Balaban J connectivity index is 1.99. The predicted octanol–water partition coefficient (Wildman–Crippen LogP) is 4.58. The molecule has 1 amide bonds. The van der Waals surface area contributed by atoms with Gasteiger partial charge in [0.15, 0.2) is 0 Å². The third-order valence-electron chi connectivity index (χ3n) is 3.08. The maximum atomic E-state index is 12.0. The first kappa shape index (κ1) is 16.2. The molecule has 2 rings (SSSR count). The first-order valence-corrected chi connectivity index (χ1v) is 7.69. The molecule has 0 aliphatic heterocycles. The molecule has 0 aliphatic rings. The average Bonchev–Trinajstić information content (AvgIpc) is 2.54. The Morgan fingerprint density at radius 2 is 1.91 bits per heavy atom. The summed E-state index contributed by atoms with van der Waals surface area (Å²) < 4.78 is 0.907. The first-order chi connectivity index (χ1) is 10.6. The normalized spacial score (nSPS) is 11.7. The van der Waals surface area contributed by atoms with Gasteiger partial charge in [-0.25, -0.2) is 5.43 Å². The average molecular weight is 357 g/mol. The van der Waals surface area contributed by atoms with Gasteiger partial charge in [-0.3, -0.25) is 4.79 Å². The number of nitrogens with zero attached hydrogens (tertiary/aromatic N) is 1. The van der Waals surface area contributed by atoms with Crippen LogP contribution in [0, 0.1) is 6.92 Å². The van der Waals surface area contributed by atoms with Crippen molar-refractivity contribution in [1.29, 1.82) is 0 Å². The molecule has 0 unspecified atom stereocenters. The third kappa shape index (κ3) is 4.67. The molecule has 0 saturated carbocycles. The van der Waals surface area contributed by atoms with Crippen LogP contribution in [0.1, 0.15) is 28.4 Å². The summed E-state index contributed by atoms with van der Waals surface area (Å²) in [5, 5.41) is 4.08. The van der Waals surface area contributed by atoms with Gasteiger partial charge < -0.3 is 0 Å². The van der Waals surface area contributed by atoms with Gasteiger partial charge in [0.25, 0.3) is 5.91 Å². The number of rotatable bonds is 4. The van der Waals surface area contributed by atoms with E-state index in [4.69, 9.17) is 0 Å². The lowest BCUT2D eigenvalue weighted by Crippen LogP contribution is -2.18. The summed E-state index contributed by atoms with van der Waals surface area (Å²) in [5.74, 6) is -0.229. The highest BCUT2D eigenvalue weighted by Crippen LogP contribution is 2.17. The molecule has 0 atom stereocenters. The lowest BCUT2D eigenvalue weighted by Gasteiger charge is -2.03. The smallest absolute Gasteiger partial charge is 0.267 e. The number of nitrogens with one attached hydrogen (secondary N) is 1. The number of hydrazone groups is 1. The largest absolute Gasteiger partial charge is 0.271 e. The number of hydrogen-bond acceptors (Lipinski definition) is 2. The second kappa shape index (κ2) is 7.71. The van der Waals surface area contributed by atoms with Gasteiger partial charge >= 0.3 is 0 Å². The van der Waals surface area contributed by atoms with E-state index in [1.807, 2.05) is 62.4 Å². The highest BCUT2D eigenvalue weighted by molar-refractivity contribution is 9.10. The molecule has 0 bridgehead atoms. The summed E-state index contributed by atoms with van der Waals surface area (Å²) >= 11 is 3.42. The minimum atomic E-state index is -0.229. The third-order valence-corrected chi connectivity index (χ3v) is 3.94. The molecule has 0 spiro atoms. The summed E-state index contributed by atoms with van der Waals surface area (Å²) in [6.07, 6.45) is 3.81. The van der Waals surface area contributed by atoms with Crippen LogP contribution in [0.25, 0.3) is 6.08 Å². The molecular weight excluding hydrogens is 340 g/mol. The van der Waals surface area contributed by atoms with Gasteiger partial charge in [0.05, 0.1) is 5.71 Å². The molecule has 0 aromatic heterocycles. The summed E-state index contributed by atoms with van der Waals surface area (Å²) in [4.78, 5) is 12.0. The Kier molecular flexibility index (Phi) is 5.67. The maximum absolute atomic E-state index is 12.0. The molecule has 2 aromatic carbocycles. The van der Waals surface area contributed by atoms with Crippen LogP contribution in [0.5, 0.6) is 0 Å². The molecule has 4 heteroatoms. The molecule has 0 fully saturated rings. The van der Waals surface area contributed by atoms with Crippen molar-refractivity contribution in [3.8, 4) is 0 Å². The van der Waals surface area contributed by atoms with E-state index < -0.39 is 0 Å². The van der Waals surface area contributed by atoms with E-state index in [1.165, 1.54) is 0 Å². The van der Waals surface area contributed by atoms with Crippen LogP contribution in [-0.4, -0.2) is 11.6 Å². The number of carbonyl (C=O) groups excluding carboxylic acids is 1. The van der Waals surface area contributed by atoms with Gasteiger partial charge in [-0.15, -0.1) is 0 Å². The van der Waals surface area contributed by atoms with E-state index in [9.17, 15) is 4.79 Å². The quantitative estimate of drug-likeness (QED) is 0.632. The topological polar surface area (TPSA) is 41.5 Å². The number of benzene rings is 2. The van der Waals surface area contributed by atoms with Crippen LogP contribution in [0.2, 0.25) is 0 Å². The highest BCUT2D eigenvalue weighted by Gasteiger charge is 2.05. The van der Waals surface area contributed by atoms with E-state index in [0.29, 0.717) is 5.56 Å². The number of amides is 1. The van der Waals surface area contributed by atoms with Crippen molar-refractivity contribution >= 4 is 33.6 Å². The molecule has 0 aliphatic carbocycles. The van der Waals surface area contributed by atoms with Gasteiger partial charge in [-0.1, -0.05) is 58.4 Å². The van der Waals surface area contributed by atoms with Crippen molar-refractivity contribution in [2.24, 2.45) is 5.10 Å². The molecule has 3 nitrogen and oxygen atoms in total. The molecular formula is C18H17BrN2O. The minimum absolute atomic E-state index is 0.229. The van der Waals surface area contributed by atoms with E-state index in [1.54, 1.807) is 12.1 Å². The molecule has 0 radical (unpaired) electrons. The van der Waals surface area contributed by atoms with Gasteiger partial charge in [-0.2, -0.15) is 5.10 Å². The molecule has 1 N–H and O–H groups in total. The number of halogens is 1. The Morgan fingerprint density at radius 1 is 1.18 bits per heavy atom. The predicted molar refractivity (Wildman–Crippen MR) is 94.9 cm³/mol. The second-order valence-electron chi connectivity index (χ2n) is 4.90. The van der Waals surface area contributed by atoms with Crippen molar-refractivity contribution in [2.45, 2.75) is 13.8 Å². The molecule has 0 heterocycles. The monoisotopic (exact) mass is 356 g/mol. The summed E-state index contributed by atoms with van der Waals surface area (Å²) in [6.45, 7) is 3.81. The van der Waals surface area contributed by atoms with E-state index >= 15 is 0 Å².